The lowest BCUT2D eigenvalue weighted by Crippen LogP contribution is -2.36. The molecule has 0 saturated carbocycles. The molecule has 2 N–H and O–H groups in total. The van der Waals surface area contributed by atoms with Gasteiger partial charge in [0.25, 0.3) is 0 Å². The number of rotatable bonds is 9. The van der Waals surface area contributed by atoms with Gasteiger partial charge in [-0.25, -0.2) is 0 Å². The van der Waals surface area contributed by atoms with Gasteiger partial charge in [-0.15, -0.1) is 0 Å². The molecule has 0 radical (unpaired) electrons. The maximum absolute atomic E-state index is 5.71. The molecular formula is C11H22Cl3NO. The molecule has 16 heavy (non-hydrogen) atoms. The van der Waals surface area contributed by atoms with Gasteiger partial charge in [0.15, 0.2) is 0 Å². The Labute approximate surface area is 114 Å². The number of unbranched alkanes of at least 4 members (excludes halogenated alkanes) is 5. The predicted octanol–water partition coefficient (Wildman–Crippen LogP) is 4.06. The summed E-state index contributed by atoms with van der Waals surface area (Å²) in [6.45, 7) is 3.05. The van der Waals surface area contributed by atoms with Gasteiger partial charge in [-0.2, -0.15) is 0 Å². The van der Waals surface area contributed by atoms with E-state index in [1.54, 1.807) is 0 Å². The molecule has 0 fully saturated rings. The van der Waals surface area contributed by atoms with E-state index in [0.717, 1.165) is 12.8 Å². The topological polar surface area (TPSA) is 35.2 Å². The standard InChI is InChI=1S/C11H22Cl3NO/c1-2-3-4-5-6-7-8-16-10(9-15)11(12,13)14/h10H,2-9,15H2,1H3/t10-/m1/s1. The third-order valence-electron chi connectivity index (χ3n) is 2.40. The number of hydrogen-bond acceptors (Lipinski definition) is 2. The third-order valence-corrected chi connectivity index (χ3v) is 3.13. The molecule has 0 bridgehead atoms. The van der Waals surface area contributed by atoms with Crippen LogP contribution in [0.15, 0.2) is 0 Å². The van der Waals surface area contributed by atoms with E-state index in [1.807, 2.05) is 0 Å². The second kappa shape index (κ2) is 9.78. The van der Waals surface area contributed by atoms with Crippen molar-refractivity contribution in [3.8, 4) is 0 Å². The highest BCUT2D eigenvalue weighted by atomic mass is 35.6. The lowest BCUT2D eigenvalue weighted by atomic mass is 10.1. The van der Waals surface area contributed by atoms with E-state index in [1.165, 1.54) is 25.7 Å². The molecule has 0 unspecified atom stereocenters. The van der Waals surface area contributed by atoms with Crippen LogP contribution in [0.3, 0.4) is 0 Å². The highest BCUT2D eigenvalue weighted by Gasteiger charge is 2.32. The zero-order chi connectivity index (χ0) is 12.4. The van der Waals surface area contributed by atoms with Crippen molar-refractivity contribution >= 4 is 34.8 Å². The fourth-order valence-corrected chi connectivity index (χ4v) is 1.86. The number of halogens is 3. The predicted molar refractivity (Wildman–Crippen MR) is 72.5 cm³/mol. The summed E-state index contributed by atoms with van der Waals surface area (Å²) in [6, 6.07) is 0. The van der Waals surface area contributed by atoms with E-state index in [2.05, 4.69) is 6.92 Å². The molecule has 0 aromatic carbocycles. The Morgan fingerprint density at radius 1 is 1.06 bits per heavy atom. The summed E-state index contributed by atoms with van der Waals surface area (Å²) in [5.74, 6) is 0. The second-order valence-corrected chi connectivity index (χ2v) is 6.27. The minimum absolute atomic E-state index is 0.229. The smallest absolute Gasteiger partial charge is 0.217 e. The van der Waals surface area contributed by atoms with Crippen molar-refractivity contribution in [3.05, 3.63) is 0 Å². The van der Waals surface area contributed by atoms with E-state index in [-0.39, 0.29) is 6.54 Å². The van der Waals surface area contributed by atoms with Gasteiger partial charge in [-0.1, -0.05) is 73.8 Å². The van der Waals surface area contributed by atoms with Gasteiger partial charge >= 0.3 is 0 Å². The van der Waals surface area contributed by atoms with Gasteiger partial charge in [0.1, 0.15) is 6.10 Å². The van der Waals surface area contributed by atoms with Gasteiger partial charge in [-0.3, -0.25) is 0 Å². The Balaban J connectivity index is 3.42. The van der Waals surface area contributed by atoms with Crippen molar-refractivity contribution in [1.82, 2.24) is 0 Å². The average molecular weight is 291 g/mol. The van der Waals surface area contributed by atoms with Crippen molar-refractivity contribution in [2.45, 2.75) is 55.3 Å². The quantitative estimate of drug-likeness (QED) is 0.513. The Hall–Kier alpha value is 0.790. The zero-order valence-electron chi connectivity index (χ0n) is 9.85. The van der Waals surface area contributed by atoms with Gasteiger partial charge in [0.05, 0.1) is 0 Å². The molecule has 0 saturated heterocycles. The van der Waals surface area contributed by atoms with Crippen molar-refractivity contribution in [3.63, 3.8) is 0 Å². The highest BCUT2D eigenvalue weighted by Crippen LogP contribution is 2.31. The summed E-state index contributed by atoms with van der Waals surface area (Å²) in [4.78, 5) is 0. The van der Waals surface area contributed by atoms with Gasteiger partial charge in [-0.05, 0) is 6.42 Å². The number of alkyl halides is 3. The first-order chi connectivity index (χ1) is 7.52. The molecule has 0 rings (SSSR count). The second-order valence-electron chi connectivity index (χ2n) is 3.90. The molecule has 0 aliphatic heterocycles. The molecule has 0 aliphatic rings. The van der Waals surface area contributed by atoms with Gasteiger partial charge in [0, 0.05) is 13.2 Å². The van der Waals surface area contributed by atoms with Crippen molar-refractivity contribution in [1.29, 1.82) is 0 Å². The number of ether oxygens (including phenoxy) is 1. The normalized spacial score (nSPS) is 14.1. The minimum atomic E-state index is -1.42. The highest BCUT2D eigenvalue weighted by molar-refractivity contribution is 6.68. The van der Waals surface area contributed by atoms with Crippen molar-refractivity contribution in [2.75, 3.05) is 13.2 Å². The van der Waals surface area contributed by atoms with Gasteiger partial charge in [0.2, 0.25) is 3.79 Å². The van der Waals surface area contributed by atoms with Crippen LogP contribution in [-0.4, -0.2) is 23.0 Å². The fraction of sp³-hybridized carbons (Fsp3) is 1.00. The van der Waals surface area contributed by atoms with E-state index in [4.69, 9.17) is 45.3 Å². The number of nitrogens with two attached hydrogens (primary N) is 1. The Morgan fingerprint density at radius 2 is 1.62 bits per heavy atom. The monoisotopic (exact) mass is 289 g/mol. The van der Waals surface area contributed by atoms with Crippen LogP contribution < -0.4 is 5.73 Å². The molecule has 2 nitrogen and oxygen atoms in total. The van der Waals surface area contributed by atoms with Crippen LogP contribution in [-0.2, 0) is 4.74 Å². The molecule has 1 atom stereocenters. The molecule has 5 heteroatoms. The third kappa shape index (κ3) is 8.89. The van der Waals surface area contributed by atoms with Crippen molar-refractivity contribution in [2.24, 2.45) is 5.73 Å². The van der Waals surface area contributed by atoms with E-state index in [0.29, 0.717) is 6.61 Å². The molecule has 0 aromatic heterocycles. The molecular weight excluding hydrogens is 268 g/mol. The average Bonchev–Trinajstić information content (AvgIpc) is 2.20. The molecule has 0 aromatic rings. The van der Waals surface area contributed by atoms with E-state index in [9.17, 15) is 0 Å². The summed E-state index contributed by atoms with van der Waals surface area (Å²) < 4.78 is 4.02. The first kappa shape index (κ1) is 16.8. The maximum atomic E-state index is 5.71. The van der Waals surface area contributed by atoms with Gasteiger partial charge < -0.3 is 10.5 Å². The maximum Gasteiger partial charge on any atom is 0.217 e. The Kier molecular flexibility index (Phi) is 10.3. The summed E-state index contributed by atoms with van der Waals surface area (Å²) in [6.07, 6.45) is 6.77. The zero-order valence-corrected chi connectivity index (χ0v) is 12.1. The summed E-state index contributed by atoms with van der Waals surface area (Å²) in [5.41, 5.74) is 5.46. The SMILES string of the molecule is CCCCCCCCO[C@H](CN)C(Cl)(Cl)Cl. The van der Waals surface area contributed by atoms with Crippen LogP contribution in [0.1, 0.15) is 45.4 Å². The summed E-state index contributed by atoms with van der Waals surface area (Å²) >= 11 is 17.1. The lowest BCUT2D eigenvalue weighted by Gasteiger charge is -2.23. The van der Waals surface area contributed by atoms with E-state index >= 15 is 0 Å². The number of hydrogen-bond donors (Lipinski definition) is 1. The van der Waals surface area contributed by atoms with Crippen LogP contribution in [0.25, 0.3) is 0 Å². The summed E-state index contributed by atoms with van der Waals surface area (Å²) in [7, 11) is 0. The first-order valence-corrected chi connectivity index (χ1v) is 7.04. The first-order valence-electron chi connectivity index (χ1n) is 5.90. The molecule has 0 amide bonds. The lowest BCUT2D eigenvalue weighted by molar-refractivity contribution is 0.0589. The van der Waals surface area contributed by atoms with Crippen LogP contribution >= 0.6 is 34.8 Å². The summed E-state index contributed by atoms with van der Waals surface area (Å²) in [5, 5.41) is 0. The Morgan fingerprint density at radius 3 is 2.12 bits per heavy atom. The van der Waals surface area contributed by atoms with E-state index < -0.39 is 9.90 Å². The fourth-order valence-electron chi connectivity index (χ4n) is 1.40. The van der Waals surface area contributed by atoms with Crippen LogP contribution in [0.2, 0.25) is 0 Å². The minimum Gasteiger partial charge on any atom is -0.372 e. The van der Waals surface area contributed by atoms with Crippen LogP contribution in [0.5, 0.6) is 0 Å². The van der Waals surface area contributed by atoms with Crippen LogP contribution in [0.4, 0.5) is 0 Å². The molecule has 0 heterocycles. The molecule has 0 aliphatic carbocycles. The molecule has 0 spiro atoms. The largest absolute Gasteiger partial charge is 0.372 e. The van der Waals surface area contributed by atoms with Crippen LogP contribution in [0, 0.1) is 0 Å². The molecule has 98 valence electrons. The Bertz CT molecular complexity index is 162. The van der Waals surface area contributed by atoms with Crippen molar-refractivity contribution < 1.29 is 4.74 Å².